The summed E-state index contributed by atoms with van der Waals surface area (Å²) in [5, 5.41) is 0. The van der Waals surface area contributed by atoms with Gasteiger partial charge in [0.2, 0.25) is 0 Å². The molecule has 0 radical (unpaired) electrons. The Kier molecular flexibility index (Phi) is 20.3. The molecule has 0 unspecified atom stereocenters. The van der Waals surface area contributed by atoms with Crippen molar-refractivity contribution < 1.29 is 31.8 Å². The summed E-state index contributed by atoms with van der Waals surface area (Å²) in [5.74, 6) is 0. The molecule has 0 rings (SSSR count). The van der Waals surface area contributed by atoms with Gasteiger partial charge in [0.25, 0.3) is 0 Å². The van der Waals surface area contributed by atoms with Crippen LogP contribution in [0.1, 0.15) is 0 Å². The fourth-order valence-electron chi connectivity index (χ4n) is 0. The van der Waals surface area contributed by atoms with Gasteiger partial charge in [0, 0.05) is 0 Å². The van der Waals surface area contributed by atoms with Crippen molar-refractivity contribution in [1.82, 2.24) is 0 Å². The van der Waals surface area contributed by atoms with Crippen LogP contribution in [0.15, 0.2) is 0 Å². The molecule has 0 aromatic heterocycles. The van der Waals surface area contributed by atoms with Gasteiger partial charge in [0.05, 0.1) is 0 Å². The molecule has 4 heteroatoms. The molecule has 0 aliphatic carbocycles. The zero-order chi connectivity index (χ0) is 2.71. The molecule has 0 saturated carbocycles. The van der Waals surface area contributed by atoms with E-state index in [0.717, 1.165) is 0 Å². The van der Waals surface area contributed by atoms with Crippen LogP contribution in [0, 0.1) is 0 Å². The molecule has 0 bridgehead atoms. The fourth-order valence-corrected chi connectivity index (χ4v) is 0. The monoisotopic (exact) mass is 171 g/mol. The van der Waals surface area contributed by atoms with Crippen LogP contribution >= 0.6 is 8.69 Å². The van der Waals surface area contributed by atoms with E-state index in [1.807, 2.05) is 0 Å². The molecule has 2 nitrogen and oxygen atoms in total. The summed E-state index contributed by atoms with van der Waals surface area (Å²) in [4.78, 5) is 6.99. The van der Waals surface area contributed by atoms with E-state index in [1.54, 1.807) is 0 Å². The van der Waals surface area contributed by atoms with Crippen LogP contribution in [0.2, 0.25) is 0 Å². The Hall–Kier alpha value is 0.800. The third-order valence-corrected chi connectivity index (χ3v) is 0. The van der Waals surface area contributed by atoms with Gasteiger partial charge in [-0.1, -0.05) is 0 Å². The fraction of sp³-hybridized carbons (Fsp3) is 0. The second-order valence-corrected chi connectivity index (χ2v) is 0.245. The Morgan fingerprint density at radius 1 is 1.75 bits per heavy atom. The van der Waals surface area contributed by atoms with Crippen molar-refractivity contribution in [3.63, 3.8) is 0 Å². The van der Waals surface area contributed by atoms with Gasteiger partial charge in [-0.15, -0.1) is 0 Å². The van der Waals surface area contributed by atoms with Gasteiger partial charge in [-0.25, -0.2) is 4.57 Å². The standard InChI is InChI=1S/Ag.HO2P/c;1-3-2/h;(H,1,2)/q+1;. The van der Waals surface area contributed by atoms with E-state index >= 15 is 0 Å². The largest absolute Gasteiger partial charge is 1.00 e. The van der Waals surface area contributed by atoms with Crippen molar-refractivity contribution in [3.8, 4) is 0 Å². The van der Waals surface area contributed by atoms with Crippen molar-refractivity contribution >= 4 is 8.69 Å². The summed E-state index contributed by atoms with van der Waals surface area (Å²) in [6.07, 6.45) is 0. The van der Waals surface area contributed by atoms with E-state index in [1.165, 1.54) is 0 Å². The first-order valence-corrected chi connectivity index (χ1v) is 1.15. The SMILES string of the molecule is O=PO.[Ag+]. The van der Waals surface area contributed by atoms with Crippen LogP contribution in [0.5, 0.6) is 0 Å². The van der Waals surface area contributed by atoms with Crippen molar-refractivity contribution in [2.75, 3.05) is 0 Å². The smallest absolute Gasteiger partial charge is 0.310 e. The Bertz CT molecular complexity index is 13.5. The molecule has 0 aliphatic rings. The summed E-state index contributed by atoms with van der Waals surface area (Å²) in [6.45, 7) is 0. The van der Waals surface area contributed by atoms with Crippen molar-refractivity contribution in [3.05, 3.63) is 0 Å². The zero-order valence-electron chi connectivity index (χ0n) is 1.60. The number of rotatable bonds is 0. The summed E-state index contributed by atoms with van der Waals surface area (Å²) in [6, 6.07) is 0. The second-order valence-electron chi connectivity index (χ2n) is 0.0816. The Balaban J connectivity index is 0. The first-order valence-electron chi connectivity index (χ1n) is 0.383. The van der Waals surface area contributed by atoms with E-state index in [4.69, 9.17) is 9.46 Å². The van der Waals surface area contributed by atoms with Gasteiger partial charge in [-0.05, 0) is 0 Å². The van der Waals surface area contributed by atoms with Gasteiger partial charge in [0.1, 0.15) is 0 Å². The minimum Gasteiger partial charge on any atom is -0.310 e. The average Bonchev–Trinajstić information content (AvgIpc) is 0.918. The minimum absolute atomic E-state index is 0. The van der Waals surface area contributed by atoms with E-state index in [0.29, 0.717) is 0 Å². The summed E-state index contributed by atoms with van der Waals surface area (Å²) in [5.41, 5.74) is 0. The molecular formula is HAgO2P+. The van der Waals surface area contributed by atoms with Crippen molar-refractivity contribution in [2.24, 2.45) is 0 Å². The molecule has 0 aromatic rings. The van der Waals surface area contributed by atoms with Gasteiger partial charge < -0.3 is 4.89 Å². The minimum atomic E-state index is -0.833. The topological polar surface area (TPSA) is 37.3 Å². The van der Waals surface area contributed by atoms with Crippen LogP contribution in [0.3, 0.4) is 0 Å². The predicted octanol–water partition coefficient (Wildman–Crippen LogP) is 0.183. The maximum Gasteiger partial charge on any atom is 1.00 e. The molecule has 0 spiro atoms. The maximum atomic E-state index is 8.46. The van der Waals surface area contributed by atoms with E-state index in [9.17, 15) is 0 Å². The first-order chi connectivity index (χ1) is 1.41. The van der Waals surface area contributed by atoms with Gasteiger partial charge in [-0.2, -0.15) is 0 Å². The molecular weight excluding hydrogens is 171 g/mol. The average molecular weight is 172 g/mol. The van der Waals surface area contributed by atoms with Gasteiger partial charge >= 0.3 is 31.1 Å². The van der Waals surface area contributed by atoms with Gasteiger partial charge in [-0.3, -0.25) is 0 Å². The zero-order valence-corrected chi connectivity index (χ0v) is 3.98. The van der Waals surface area contributed by atoms with Gasteiger partial charge in [0.15, 0.2) is 0 Å². The van der Waals surface area contributed by atoms with E-state index in [-0.39, 0.29) is 22.4 Å². The normalized spacial score (nSPS) is 5.25. The Morgan fingerprint density at radius 2 is 1.75 bits per heavy atom. The summed E-state index contributed by atoms with van der Waals surface area (Å²) in [7, 11) is -0.833. The molecule has 0 atom stereocenters. The molecule has 0 aromatic carbocycles. The Labute approximate surface area is 41.0 Å². The molecule has 0 aliphatic heterocycles. The predicted molar refractivity (Wildman–Crippen MR) is 9.83 cm³/mol. The van der Waals surface area contributed by atoms with E-state index in [2.05, 4.69) is 0 Å². The molecule has 28 valence electrons. The van der Waals surface area contributed by atoms with E-state index < -0.39 is 8.69 Å². The quantitative estimate of drug-likeness (QED) is 0.418. The molecule has 0 amide bonds. The molecule has 0 heterocycles. The van der Waals surface area contributed by atoms with Crippen LogP contribution in [0.4, 0.5) is 0 Å². The van der Waals surface area contributed by atoms with Crippen LogP contribution in [-0.2, 0) is 26.9 Å². The third-order valence-electron chi connectivity index (χ3n) is 0. The summed E-state index contributed by atoms with van der Waals surface area (Å²) >= 11 is 0. The van der Waals surface area contributed by atoms with Crippen molar-refractivity contribution in [1.29, 1.82) is 0 Å². The van der Waals surface area contributed by atoms with Crippen LogP contribution in [0.25, 0.3) is 0 Å². The number of hydrogen-bond acceptors (Lipinski definition) is 1. The maximum absolute atomic E-state index is 8.46. The van der Waals surface area contributed by atoms with Crippen LogP contribution in [-0.4, -0.2) is 4.89 Å². The Morgan fingerprint density at radius 3 is 1.75 bits per heavy atom. The van der Waals surface area contributed by atoms with Crippen LogP contribution < -0.4 is 0 Å². The van der Waals surface area contributed by atoms with Crippen molar-refractivity contribution in [2.45, 2.75) is 0 Å². The number of hydrogen-bond donors (Lipinski definition) is 1. The summed E-state index contributed by atoms with van der Waals surface area (Å²) < 4.78 is 8.46. The first kappa shape index (κ1) is 8.84. The third kappa shape index (κ3) is 14.2. The molecule has 0 saturated heterocycles. The molecule has 0 fully saturated rings. The second kappa shape index (κ2) is 9.19. The molecule has 4 heavy (non-hydrogen) atoms. The molecule has 1 N–H and O–H groups in total.